The van der Waals surface area contributed by atoms with E-state index in [9.17, 15) is 14.9 Å². The number of carbonyl (C=O) groups excluding carboxylic acids is 1. The first-order chi connectivity index (χ1) is 9.49. The zero-order valence-corrected chi connectivity index (χ0v) is 11.8. The van der Waals surface area contributed by atoms with Crippen molar-refractivity contribution >= 4 is 11.5 Å². The number of benzene rings is 1. The maximum Gasteiger partial charge on any atom is 0.273 e. The molecule has 0 aliphatic carbocycles. The molecule has 1 saturated heterocycles. The molecule has 0 saturated carbocycles. The van der Waals surface area contributed by atoms with Crippen molar-refractivity contribution in [3.63, 3.8) is 0 Å². The van der Waals surface area contributed by atoms with E-state index in [1.54, 1.807) is 19.9 Å². The lowest BCUT2D eigenvalue weighted by Crippen LogP contribution is -2.45. The third kappa shape index (κ3) is 3.20. The topological polar surface area (TPSA) is 75.5 Å². The molecule has 108 valence electrons. The van der Waals surface area contributed by atoms with Crippen LogP contribution in [-0.4, -0.2) is 48.3 Å². The number of nitro groups is 1. The number of Topliss-reactive ketones (excluding diaryl/α,β-unsaturated/α-hetero) is 1. The van der Waals surface area contributed by atoms with Crippen molar-refractivity contribution in [1.82, 2.24) is 10.2 Å². The summed E-state index contributed by atoms with van der Waals surface area (Å²) in [5.41, 5.74) is 1.85. The van der Waals surface area contributed by atoms with Gasteiger partial charge in [-0.15, -0.1) is 0 Å². The Morgan fingerprint density at radius 2 is 2.00 bits per heavy atom. The molecule has 0 spiro atoms. The van der Waals surface area contributed by atoms with Gasteiger partial charge in [0.2, 0.25) is 0 Å². The van der Waals surface area contributed by atoms with Crippen LogP contribution in [0.25, 0.3) is 0 Å². The summed E-state index contributed by atoms with van der Waals surface area (Å²) in [6.07, 6.45) is 0. The molecular weight excluding hydrogens is 258 g/mol. The lowest BCUT2D eigenvalue weighted by Gasteiger charge is -2.26. The molecule has 0 bridgehead atoms. The number of carbonyl (C=O) groups is 1. The Balaban J connectivity index is 2.19. The van der Waals surface area contributed by atoms with Crippen LogP contribution in [0.2, 0.25) is 0 Å². The zero-order valence-electron chi connectivity index (χ0n) is 11.8. The minimum absolute atomic E-state index is 0.0219. The summed E-state index contributed by atoms with van der Waals surface area (Å²) < 4.78 is 0. The molecule has 0 aromatic heterocycles. The van der Waals surface area contributed by atoms with Crippen LogP contribution in [0.4, 0.5) is 5.69 Å². The van der Waals surface area contributed by atoms with Crippen molar-refractivity contribution in [1.29, 1.82) is 0 Å². The van der Waals surface area contributed by atoms with Crippen molar-refractivity contribution in [2.45, 2.75) is 13.8 Å². The van der Waals surface area contributed by atoms with Gasteiger partial charge in [-0.1, -0.05) is 0 Å². The van der Waals surface area contributed by atoms with Crippen LogP contribution in [-0.2, 0) is 0 Å². The van der Waals surface area contributed by atoms with E-state index in [2.05, 4.69) is 10.2 Å². The Morgan fingerprint density at radius 3 is 2.60 bits per heavy atom. The van der Waals surface area contributed by atoms with Gasteiger partial charge in [-0.2, -0.15) is 0 Å². The van der Waals surface area contributed by atoms with Crippen molar-refractivity contribution in [2.24, 2.45) is 0 Å². The number of nitrogens with one attached hydrogen (secondary N) is 1. The van der Waals surface area contributed by atoms with E-state index >= 15 is 0 Å². The SMILES string of the molecule is Cc1cc(C(=O)CN2CCNCC2)cc([N+](=O)[O-])c1C. The number of hydrogen-bond donors (Lipinski definition) is 1. The molecule has 20 heavy (non-hydrogen) atoms. The number of piperazine rings is 1. The van der Waals surface area contributed by atoms with Crippen LogP contribution in [0.1, 0.15) is 21.5 Å². The first kappa shape index (κ1) is 14.6. The van der Waals surface area contributed by atoms with E-state index in [0.717, 1.165) is 31.7 Å². The van der Waals surface area contributed by atoms with Gasteiger partial charge in [-0.3, -0.25) is 19.8 Å². The van der Waals surface area contributed by atoms with Gasteiger partial charge in [0, 0.05) is 43.4 Å². The highest BCUT2D eigenvalue weighted by Crippen LogP contribution is 2.23. The molecule has 1 N–H and O–H groups in total. The Hall–Kier alpha value is -1.79. The largest absolute Gasteiger partial charge is 0.314 e. The van der Waals surface area contributed by atoms with Crippen LogP contribution >= 0.6 is 0 Å². The second kappa shape index (κ2) is 6.11. The number of hydrogen-bond acceptors (Lipinski definition) is 5. The summed E-state index contributed by atoms with van der Waals surface area (Å²) in [5, 5.41) is 14.2. The fourth-order valence-corrected chi connectivity index (χ4v) is 2.35. The molecule has 0 amide bonds. The number of nitrogens with zero attached hydrogens (tertiary/aromatic N) is 2. The minimum Gasteiger partial charge on any atom is -0.314 e. The van der Waals surface area contributed by atoms with E-state index < -0.39 is 4.92 Å². The monoisotopic (exact) mass is 277 g/mol. The molecular formula is C14H19N3O3. The highest BCUT2D eigenvalue weighted by Gasteiger charge is 2.20. The zero-order chi connectivity index (χ0) is 14.7. The maximum absolute atomic E-state index is 12.3. The summed E-state index contributed by atoms with van der Waals surface area (Å²) in [4.78, 5) is 24.9. The first-order valence-electron chi connectivity index (χ1n) is 6.71. The van der Waals surface area contributed by atoms with E-state index in [0.29, 0.717) is 17.7 Å². The van der Waals surface area contributed by atoms with Gasteiger partial charge in [-0.25, -0.2) is 0 Å². The molecule has 1 aliphatic rings. The number of aryl methyl sites for hydroxylation is 1. The lowest BCUT2D eigenvalue weighted by atomic mass is 10.0. The fourth-order valence-electron chi connectivity index (χ4n) is 2.35. The van der Waals surface area contributed by atoms with Gasteiger partial charge in [-0.05, 0) is 25.5 Å². The van der Waals surface area contributed by atoms with Gasteiger partial charge < -0.3 is 5.32 Å². The summed E-state index contributed by atoms with van der Waals surface area (Å²) in [5.74, 6) is -0.0573. The molecule has 1 aliphatic heterocycles. The van der Waals surface area contributed by atoms with Crippen LogP contribution in [0.5, 0.6) is 0 Å². The van der Waals surface area contributed by atoms with Crippen LogP contribution in [0.3, 0.4) is 0 Å². The summed E-state index contributed by atoms with van der Waals surface area (Å²) >= 11 is 0. The van der Waals surface area contributed by atoms with Gasteiger partial charge in [0.05, 0.1) is 11.5 Å². The van der Waals surface area contributed by atoms with Crippen LogP contribution < -0.4 is 5.32 Å². The molecule has 0 radical (unpaired) electrons. The van der Waals surface area contributed by atoms with E-state index in [1.165, 1.54) is 6.07 Å². The van der Waals surface area contributed by atoms with Gasteiger partial charge >= 0.3 is 0 Å². The quantitative estimate of drug-likeness (QED) is 0.510. The number of nitro benzene ring substituents is 1. The van der Waals surface area contributed by atoms with E-state index in [4.69, 9.17) is 0 Å². The summed E-state index contributed by atoms with van der Waals surface area (Å²) in [7, 11) is 0. The Kier molecular flexibility index (Phi) is 4.46. The molecule has 6 nitrogen and oxygen atoms in total. The molecule has 2 rings (SSSR count). The van der Waals surface area contributed by atoms with Crippen molar-refractivity contribution in [2.75, 3.05) is 32.7 Å². The van der Waals surface area contributed by atoms with Crippen LogP contribution in [0.15, 0.2) is 12.1 Å². The smallest absolute Gasteiger partial charge is 0.273 e. The Morgan fingerprint density at radius 1 is 1.35 bits per heavy atom. The lowest BCUT2D eigenvalue weighted by molar-refractivity contribution is -0.385. The van der Waals surface area contributed by atoms with Gasteiger partial charge in [0.15, 0.2) is 5.78 Å². The normalized spacial score (nSPS) is 16.1. The molecule has 6 heteroatoms. The highest BCUT2D eigenvalue weighted by molar-refractivity contribution is 5.98. The molecule has 0 unspecified atom stereocenters. The third-order valence-electron chi connectivity index (χ3n) is 3.74. The van der Waals surface area contributed by atoms with Gasteiger partial charge in [0.1, 0.15) is 0 Å². The number of rotatable bonds is 4. The van der Waals surface area contributed by atoms with Crippen LogP contribution in [0, 0.1) is 24.0 Å². The highest BCUT2D eigenvalue weighted by atomic mass is 16.6. The molecule has 1 heterocycles. The predicted molar refractivity (Wildman–Crippen MR) is 76.2 cm³/mol. The predicted octanol–water partition coefficient (Wildman–Crippen LogP) is 1.30. The van der Waals surface area contributed by atoms with Crippen molar-refractivity contribution in [3.05, 3.63) is 38.9 Å². The second-order valence-electron chi connectivity index (χ2n) is 5.14. The summed E-state index contributed by atoms with van der Waals surface area (Å²) in [6, 6.07) is 3.14. The second-order valence-corrected chi connectivity index (χ2v) is 5.14. The number of ketones is 1. The Labute approximate surface area is 117 Å². The maximum atomic E-state index is 12.3. The standard InChI is InChI=1S/C14H19N3O3/c1-10-7-12(8-13(11(10)2)17(19)20)14(18)9-16-5-3-15-4-6-16/h7-8,15H,3-6,9H2,1-2H3. The average molecular weight is 277 g/mol. The molecule has 1 aromatic rings. The van der Waals surface area contributed by atoms with Gasteiger partial charge in [0.25, 0.3) is 5.69 Å². The Bertz CT molecular complexity index is 537. The van der Waals surface area contributed by atoms with E-state index in [-0.39, 0.29) is 11.5 Å². The van der Waals surface area contributed by atoms with Crippen molar-refractivity contribution in [3.8, 4) is 0 Å². The summed E-state index contributed by atoms with van der Waals surface area (Å²) in [6.45, 7) is 7.24. The molecule has 1 aromatic carbocycles. The average Bonchev–Trinajstić information content (AvgIpc) is 2.42. The van der Waals surface area contributed by atoms with E-state index in [1.807, 2.05) is 0 Å². The third-order valence-corrected chi connectivity index (χ3v) is 3.74. The minimum atomic E-state index is -0.427. The molecule has 1 fully saturated rings. The first-order valence-corrected chi connectivity index (χ1v) is 6.71. The molecule has 0 atom stereocenters. The van der Waals surface area contributed by atoms with Crippen molar-refractivity contribution < 1.29 is 9.72 Å². The fraction of sp³-hybridized carbons (Fsp3) is 0.500.